The summed E-state index contributed by atoms with van der Waals surface area (Å²) in [5.41, 5.74) is 0.398. The molecule has 0 spiro atoms. The number of carbonyl (C=O) groups is 1. The number of nitrogens with zero attached hydrogens (tertiary/aromatic N) is 1. The summed E-state index contributed by atoms with van der Waals surface area (Å²) in [7, 11) is 0. The van der Waals surface area contributed by atoms with Gasteiger partial charge in [-0.2, -0.15) is 0 Å². The largest absolute Gasteiger partial charge is 0.384 e. The highest BCUT2D eigenvalue weighted by atomic mass is 35.5. The molecule has 0 unspecified atom stereocenters. The third-order valence-corrected chi connectivity index (χ3v) is 1.70. The van der Waals surface area contributed by atoms with Crippen LogP contribution >= 0.6 is 11.6 Å². The van der Waals surface area contributed by atoms with Crippen molar-refractivity contribution in [2.45, 2.75) is 13.0 Å². The van der Waals surface area contributed by atoms with Gasteiger partial charge in [0.15, 0.2) is 5.15 Å². The van der Waals surface area contributed by atoms with Crippen LogP contribution in [0, 0.1) is 0 Å². The minimum atomic E-state index is -1.06. The fourth-order valence-electron chi connectivity index (χ4n) is 0.716. The number of anilines is 1. The van der Waals surface area contributed by atoms with Crippen molar-refractivity contribution in [2.75, 3.05) is 5.32 Å². The Labute approximate surface area is 80.6 Å². The Morgan fingerprint density at radius 1 is 1.77 bits per heavy atom. The number of pyridine rings is 1. The molecule has 1 aromatic rings. The molecule has 1 rings (SSSR count). The minimum absolute atomic E-state index is 0.205. The van der Waals surface area contributed by atoms with Gasteiger partial charge >= 0.3 is 0 Å². The molecule has 0 aliphatic heterocycles. The second kappa shape index (κ2) is 4.20. The smallest absolute Gasteiger partial charge is 0.253 e. The fourth-order valence-corrected chi connectivity index (χ4v) is 0.883. The van der Waals surface area contributed by atoms with Crippen molar-refractivity contribution < 1.29 is 9.90 Å². The van der Waals surface area contributed by atoms with E-state index < -0.39 is 12.0 Å². The summed E-state index contributed by atoms with van der Waals surface area (Å²) in [5.74, 6) is -0.505. The molecule has 0 saturated heterocycles. The molecule has 5 heteroatoms. The van der Waals surface area contributed by atoms with Crippen molar-refractivity contribution in [1.82, 2.24) is 4.98 Å². The molecule has 70 valence electrons. The number of amides is 1. The maximum absolute atomic E-state index is 11.0. The molecule has 1 heterocycles. The van der Waals surface area contributed by atoms with E-state index in [-0.39, 0.29) is 5.15 Å². The van der Waals surface area contributed by atoms with Crippen molar-refractivity contribution in [2.24, 2.45) is 0 Å². The van der Waals surface area contributed by atoms with Gasteiger partial charge in [-0.05, 0) is 19.1 Å². The van der Waals surface area contributed by atoms with Crippen molar-refractivity contribution in [3.05, 3.63) is 23.5 Å². The molecule has 0 aromatic carbocycles. The second-order valence-corrected chi connectivity index (χ2v) is 2.87. The van der Waals surface area contributed by atoms with E-state index in [9.17, 15) is 4.79 Å². The lowest BCUT2D eigenvalue weighted by atomic mass is 10.3. The van der Waals surface area contributed by atoms with E-state index in [0.29, 0.717) is 5.69 Å². The Balaban J connectivity index is 2.75. The summed E-state index contributed by atoms with van der Waals surface area (Å²) in [5, 5.41) is 11.5. The fraction of sp³-hybridized carbons (Fsp3) is 0.250. The number of rotatable bonds is 2. The summed E-state index contributed by atoms with van der Waals surface area (Å²) in [6.07, 6.45) is 0.455. The lowest BCUT2D eigenvalue weighted by Gasteiger charge is -2.07. The van der Waals surface area contributed by atoms with Gasteiger partial charge in [-0.25, -0.2) is 4.98 Å². The third kappa shape index (κ3) is 2.68. The van der Waals surface area contributed by atoms with Gasteiger partial charge in [-0.15, -0.1) is 0 Å². The SMILES string of the molecule is C[C@@H](O)C(=O)Nc1cccnc1Cl. The Bertz CT molecular complexity index is 315. The monoisotopic (exact) mass is 200 g/mol. The molecule has 13 heavy (non-hydrogen) atoms. The molecule has 0 radical (unpaired) electrons. The predicted molar refractivity (Wildman–Crippen MR) is 49.6 cm³/mol. The number of hydrogen-bond acceptors (Lipinski definition) is 3. The quantitative estimate of drug-likeness (QED) is 0.702. The third-order valence-electron chi connectivity index (χ3n) is 1.40. The molecule has 2 N–H and O–H groups in total. The summed E-state index contributed by atoms with van der Waals surface area (Å²) in [4.78, 5) is 14.8. The van der Waals surface area contributed by atoms with Gasteiger partial charge in [0, 0.05) is 6.20 Å². The maximum atomic E-state index is 11.0. The number of carbonyl (C=O) groups excluding carboxylic acids is 1. The van der Waals surface area contributed by atoms with Crippen LogP contribution in [0.1, 0.15) is 6.92 Å². The summed E-state index contributed by atoms with van der Waals surface area (Å²) in [6.45, 7) is 1.37. The van der Waals surface area contributed by atoms with E-state index in [4.69, 9.17) is 16.7 Å². The molecule has 0 saturated carbocycles. The first kappa shape index (κ1) is 9.95. The Kier molecular flexibility index (Phi) is 3.22. The zero-order valence-electron chi connectivity index (χ0n) is 6.99. The highest BCUT2D eigenvalue weighted by Gasteiger charge is 2.10. The van der Waals surface area contributed by atoms with Crippen molar-refractivity contribution in [1.29, 1.82) is 0 Å². The van der Waals surface area contributed by atoms with Crippen LogP contribution < -0.4 is 5.32 Å². The number of aromatic nitrogens is 1. The van der Waals surface area contributed by atoms with Crippen molar-refractivity contribution >= 4 is 23.2 Å². The Morgan fingerprint density at radius 3 is 3.00 bits per heavy atom. The lowest BCUT2D eigenvalue weighted by Crippen LogP contribution is -2.24. The molecule has 0 bridgehead atoms. The Hall–Kier alpha value is -1.13. The van der Waals surface area contributed by atoms with Gasteiger partial charge in [-0.1, -0.05) is 11.6 Å². The van der Waals surface area contributed by atoms with E-state index in [1.807, 2.05) is 0 Å². The molecular weight excluding hydrogens is 192 g/mol. The van der Waals surface area contributed by atoms with Crippen molar-refractivity contribution in [3.63, 3.8) is 0 Å². The number of halogens is 1. The Morgan fingerprint density at radius 2 is 2.46 bits per heavy atom. The standard InChI is InChI=1S/C8H9ClN2O2/c1-5(12)8(13)11-6-3-2-4-10-7(6)9/h2-5,12H,1H3,(H,11,13)/t5-/m1/s1. The van der Waals surface area contributed by atoms with E-state index in [1.54, 1.807) is 12.1 Å². The van der Waals surface area contributed by atoms with Gasteiger partial charge in [-0.3, -0.25) is 4.79 Å². The number of nitrogens with one attached hydrogen (secondary N) is 1. The first-order valence-corrected chi connectivity index (χ1v) is 4.08. The molecule has 1 atom stereocenters. The summed E-state index contributed by atoms with van der Waals surface area (Å²) in [6, 6.07) is 3.25. The molecule has 0 aliphatic rings. The van der Waals surface area contributed by atoms with Gasteiger partial charge in [0.05, 0.1) is 5.69 Å². The van der Waals surface area contributed by atoms with Crippen LogP contribution in [0.25, 0.3) is 0 Å². The van der Waals surface area contributed by atoms with Crippen LogP contribution in [-0.4, -0.2) is 22.1 Å². The van der Waals surface area contributed by atoms with E-state index in [2.05, 4.69) is 10.3 Å². The van der Waals surface area contributed by atoms with Crippen LogP contribution in [0.4, 0.5) is 5.69 Å². The molecule has 1 amide bonds. The molecular formula is C8H9ClN2O2. The second-order valence-electron chi connectivity index (χ2n) is 2.51. The van der Waals surface area contributed by atoms with Crippen LogP contribution in [0.5, 0.6) is 0 Å². The van der Waals surface area contributed by atoms with Crippen LogP contribution in [0.15, 0.2) is 18.3 Å². The first-order chi connectivity index (χ1) is 6.11. The first-order valence-electron chi connectivity index (χ1n) is 3.70. The maximum Gasteiger partial charge on any atom is 0.253 e. The van der Waals surface area contributed by atoms with Crippen LogP contribution in [0.2, 0.25) is 5.15 Å². The van der Waals surface area contributed by atoms with Crippen LogP contribution in [-0.2, 0) is 4.79 Å². The molecule has 4 nitrogen and oxygen atoms in total. The van der Waals surface area contributed by atoms with Gasteiger partial charge < -0.3 is 10.4 Å². The lowest BCUT2D eigenvalue weighted by molar-refractivity contribution is -0.123. The summed E-state index contributed by atoms with van der Waals surface area (Å²) >= 11 is 5.67. The van der Waals surface area contributed by atoms with E-state index >= 15 is 0 Å². The van der Waals surface area contributed by atoms with Crippen LogP contribution in [0.3, 0.4) is 0 Å². The summed E-state index contributed by atoms with van der Waals surface area (Å²) < 4.78 is 0. The molecule has 0 aliphatic carbocycles. The van der Waals surface area contributed by atoms with E-state index in [0.717, 1.165) is 0 Å². The van der Waals surface area contributed by atoms with Crippen molar-refractivity contribution in [3.8, 4) is 0 Å². The average molecular weight is 201 g/mol. The van der Waals surface area contributed by atoms with E-state index in [1.165, 1.54) is 13.1 Å². The number of hydrogen-bond donors (Lipinski definition) is 2. The van der Waals surface area contributed by atoms with Gasteiger partial charge in [0.1, 0.15) is 6.10 Å². The highest BCUT2D eigenvalue weighted by Crippen LogP contribution is 2.17. The molecule has 0 fully saturated rings. The van der Waals surface area contributed by atoms with Gasteiger partial charge in [0.2, 0.25) is 0 Å². The molecule has 1 aromatic heterocycles. The van der Waals surface area contributed by atoms with Gasteiger partial charge in [0.25, 0.3) is 5.91 Å². The minimum Gasteiger partial charge on any atom is -0.384 e. The number of aliphatic hydroxyl groups excluding tert-OH is 1. The zero-order valence-corrected chi connectivity index (χ0v) is 7.75. The average Bonchev–Trinajstić information content (AvgIpc) is 2.08. The highest BCUT2D eigenvalue weighted by molar-refractivity contribution is 6.32. The normalized spacial score (nSPS) is 12.2. The number of aliphatic hydroxyl groups is 1. The zero-order chi connectivity index (χ0) is 9.84. The predicted octanol–water partition coefficient (Wildman–Crippen LogP) is 1.05. The topological polar surface area (TPSA) is 62.2 Å².